The maximum absolute atomic E-state index is 12.6. The van der Waals surface area contributed by atoms with Crippen molar-refractivity contribution in [2.24, 2.45) is 5.73 Å². The van der Waals surface area contributed by atoms with Crippen LogP contribution < -0.4 is 11.1 Å². The molecule has 0 atom stereocenters. The van der Waals surface area contributed by atoms with E-state index in [-0.39, 0.29) is 11.8 Å². The molecule has 1 aliphatic rings. The maximum Gasteiger partial charge on any atom is 0.244 e. The molecule has 1 heterocycles. The fourth-order valence-electron chi connectivity index (χ4n) is 3.90. The lowest BCUT2D eigenvalue weighted by atomic mass is 9.82. The highest BCUT2D eigenvalue weighted by atomic mass is 16.2. The second-order valence-electron chi connectivity index (χ2n) is 7.45. The second-order valence-corrected chi connectivity index (χ2v) is 7.45. The molecule has 1 aromatic carbocycles. The molecule has 0 bridgehead atoms. The Morgan fingerprint density at radius 1 is 1.15 bits per heavy atom. The number of rotatable bonds is 6. The van der Waals surface area contributed by atoms with Crippen LogP contribution in [0.4, 0.5) is 5.69 Å². The maximum atomic E-state index is 12.6. The highest BCUT2D eigenvalue weighted by Crippen LogP contribution is 2.28. The number of nitrogens with zero attached hydrogens (tertiary/aromatic N) is 2. The highest BCUT2D eigenvalue weighted by Gasteiger charge is 2.35. The van der Waals surface area contributed by atoms with Gasteiger partial charge in [0.1, 0.15) is 6.54 Å². The van der Waals surface area contributed by atoms with Crippen molar-refractivity contribution in [3.05, 3.63) is 30.5 Å². The van der Waals surface area contributed by atoms with E-state index in [2.05, 4.69) is 5.32 Å². The number of amides is 2. The first-order valence-electron chi connectivity index (χ1n) is 9.94. The fraction of sp³-hybridized carbons (Fsp3) is 0.524. The van der Waals surface area contributed by atoms with Gasteiger partial charge >= 0.3 is 0 Å². The number of hydrogen-bond acceptors (Lipinski definition) is 3. The third-order valence-corrected chi connectivity index (χ3v) is 5.65. The van der Waals surface area contributed by atoms with Crippen molar-refractivity contribution < 1.29 is 9.59 Å². The molecule has 2 aromatic rings. The van der Waals surface area contributed by atoms with Crippen molar-refractivity contribution in [3.63, 3.8) is 0 Å². The van der Waals surface area contributed by atoms with Gasteiger partial charge in [0.05, 0.1) is 5.54 Å². The summed E-state index contributed by atoms with van der Waals surface area (Å²) < 4.78 is 1.95. The van der Waals surface area contributed by atoms with Gasteiger partial charge in [-0.3, -0.25) is 9.59 Å². The van der Waals surface area contributed by atoms with Crippen LogP contribution in [0.15, 0.2) is 30.5 Å². The molecular weight excluding hydrogens is 340 g/mol. The minimum absolute atomic E-state index is 0.0994. The smallest absolute Gasteiger partial charge is 0.244 e. The lowest BCUT2D eigenvalue weighted by molar-refractivity contribution is -0.131. The van der Waals surface area contributed by atoms with Crippen LogP contribution in [-0.2, 0) is 16.1 Å². The molecule has 1 aromatic heterocycles. The number of anilines is 1. The monoisotopic (exact) mass is 370 g/mol. The molecule has 6 heteroatoms. The summed E-state index contributed by atoms with van der Waals surface area (Å²) in [5.74, 6) is 0.00921. The molecule has 0 aliphatic heterocycles. The molecule has 0 unspecified atom stereocenters. The number of nitrogens with one attached hydrogen (secondary N) is 1. The zero-order valence-electron chi connectivity index (χ0n) is 16.3. The average molecular weight is 370 g/mol. The van der Waals surface area contributed by atoms with Gasteiger partial charge < -0.3 is 20.5 Å². The van der Waals surface area contributed by atoms with Gasteiger partial charge in [0, 0.05) is 35.9 Å². The van der Waals surface area contributed by atoms with Gasteiger partial charge in [0.25, 0.3) is 0 Å². The van der Waals surface area contributed by atoms with Crippen LogP contribution in [0, 0.1) is 0 Å². The van der Waals surface area contributed by atoms with E-state index in [0.29, 0.717) is 19.6 Å². The van der Waals surface area contributed by atoms with Gasteiger partial charge in [-0.2, -0.15) is 0 Å². The van der Waals surface area contributed by atoms with E-state index in [1.807, 2.05) is 53.8 Å². The predicted molar refractivity (Wildman–Crippen MR) is 108 cm³/mol. The first kappa shape index (κ1) is 19.4. The first-order chi connectivity index (χ1) is 13.0. The van der Waals surface area contributed by atoms with Crippen LogP contribution in [0.25, 0.3) is 10.9 Å². The molecule has 1 fully saturated rings. The number of nitrogens with two attached hydrogens (primary N) is 1. The number of benzene rings is 1. The van der Waals surface area contributed by atoms with Crippen molar-refractivity contribution in [1.29, 1.82) is 0 Å². The zero-order valence-corrected chi connectivity index (χ0v) is 16.3. The lowest BCUT2D eigenvalue weighted by Gasteiger charge is -2.31. The van der Waals surface area contributed by atoms with E-state index in [9.17, 15) is 9.59 Å². The first-order valence-corrected chi connectivity index (χ1v) is 9.94. The summed E-state index contributed by atoms with van der Waals surface area (Å²) in [7, 11) is 0. The van der Waals surface area contributed by atoms with Crippen molar-refractivity contribution in [2.75, 3.05) is 18.4 Å². The van der Waals surface area contributed by atoms with Crippen LogP contribution in [-0.4, -0.2) is 39.9 Å². The Morgan fingerprint density at radius 2 is 1.85 bits per heavy atom. The van der Waals surface area contributed by atoms with E-state index < -0.39 is 5.54 Å². The van der Waals surface area contributed by atoms with Crippen molar-refractivity contribution in [3.8, 4) is 0 Å². The molecule has 2 amide bonds. The predicted octanol–water partition coefficient (Wildman–Crippen LogP) is 3.11. The molecule has 0 saturated heterocycles. The summed E-state index contributed by atoms with van der Waals surface area (Å²) in [6.45, 7) is 5.72. The summed E-state index contributed by atoms with van der Waals surface area (Å²) in [5.41, 5.74) is 7.29. The minimum Gasteiger partial charge on any atom is -0.342 e. The van der Waals surface area contributed by atoms with Gasteiger partial charge in [-0.05, 0) is 51.0 Å². The van der Waals surface area contributed by atoms with Crippen LogP contribution in [0.5, 0.6) is 0 Å². The zero-order chi connectivity index (χ0) is 19.4. The number of likely N-dealkylation sites (N-methyl/N-ethyl adjacent to an activating group) is 1. The van der Waals surface area contributed by atoms with E-state index >= 15 is 0 Å². The van der Waals surface area contributed by atoms with Gasteiger partial charge in [0.15, 0.2) is 0 Å². The fourth-order valence-corrected chi connectivity index (χ4v) is 3.90. The van der Waals surface area contributed by atoms with Crippen molar-refractivity contribution in [2.45, 2.75) is 58.0 Å². The minimum atomic E-state index is -0.755. The third-order valence-electron chi connectivity index (χ3n) is 5.65. The van der Waals surface area contributed by atoms with Crippen LogP contribution in [0.1, 0.15) is 46.0 Å². The normalized spacial score (nSPS) is 16.3. The summed E-state index contributed by atoms with van der Waals surface area (Å²) in [5, 5.41) is 3.98. The molecule has 0 spiro atoms. The van der Waals surface area contributed by atoms with Crippen LogP contribution in [0.2, 0.25) is 0 Å². The highest BCUT2D eigenvalue weighted by molar-refractivity contribution is 5.99. The lowest BCUT2D eigenvalue weighted by Crippen LogP contribution is -2.52. The Kier molecular flexibility index (Phi) is 5.85. The summed E-state index contributed by atoms with van der Waals surface area (Å²) >= 11 is 0. The molecule has 27 heavy (non-hydrogen) atoms. The molecular formula is C21H30N4O2. The summed E-state index contributed by atoms with van der Waals surface area (Å²) in [6.07, 6.45) is 6.57. The largest absolute Gasteiger partial charge is 0.342 e. The van der Waals surface area contributed by atoms with Gasteiger partial charge in [0.2, 0.25) is 11.8 Å². The van der Waals surface area contributed by atoms with E-state index in [0.717, 1.165) is 48.7 Å². The SMILES string of the molecule is CCN(CC)C(=O)Cn1ccc2cc(NC(=O)C3(N)CCCCC3)ccc21. The molecule has 146 valence electrons. The Hall–Kier alpha value is -2.34. The van der Waals surface area contributed by atoms with Gasteiger partial charge in [-0.15, -0.1) is 0 Å². The van der Waals surface area contributed by atoms with Crippen molar-refractivity contribution in [1.82, 2.24) is 9.47 Å². The molecule has 1 aliphatic carbocycles. The topological polar surface area (TPSA) is 80.4 Å². The Bertz CT molecular complexity index is 817. The van der Waals surface area contributed by atoms with E-state index in [1.54, 1.807) is 0 Å². The number of carbonyl (C=O) groups is 2. The quantitative estimate of drug-likeness (QED) is 0.820. The molecule has 0 radical (unpaired) electrons. The number of carbonyl (C=O) groups excluding carboxylic acids is 2. The number of aromatic nitrogens is 1. The van der Waals surface area contributed by atoms with Gasteiger partial charge in [-0.25, -0.2) is 0 Å². The Balaban J connectivity index is 1.73. The standard InChI is InChI=1S/C21H30N4O2/c1-3-24(4-2)19(26)15-25-13-10-16-14-17(8-9-18(16)25)23-20(27)21(22)11-6-5-7-12-21/h8-10,13-14H,3-7,11-12,15,22H2,1-2H3,(H,23,27). The van der Waals surface area contributed by atoms with Crippen LogP contribution >= 0.6 is 0 Å². The molecule has 3 rings (SSSR count). The van der Waals surface area contributed by atoms with Crippen molar-refractivity contribution >= 4 is 28.4 Å². The average Bonchev–Trinajstić information content (AvgIpc) is 3.05. The Morgan fingerprint density at radius 3 is 2.52 bits per heavy atom. The summed E-state index contributed by atoms with van der Waals surface area (Å²) in [4.78, 5) is 26.8. The molecule has 3 N–H and O–H groups in total. The van der Waals surface area contributed by atoms with Crippen LogP contribution in [0.3, 0.4) is 0 Å². The number of fused-ring (bicyclic) bond motifs is 1. The van der Waals surface area contributed by atoms with E-state index in [4.69, 9.17) is 5.73 Å². The van der Waals surface area contributed by atoms with Gasteiger partial charge in [-0.1, -0.05) is 19.3 Å². The second kappa shape index (κ2) is 8.13. The summed E-state index contributed by atoms with van der Waals surface area (Å²) in [6, 6.07) is 7.74. The third kappa shape index (κ3) is 4.16. The number of hydrogen-bond donors (Lipinski definition) is 2. The molecule has 6 nitrogen and oxygen atoms in total. The Labute approximate surface area is 160 Å². The van der Waals surface area contributed by atoms with E-state index in [1.165, 1.54) is 0 Å². The molecule has 1 saturated carbocycles.